The lowest BCUT2D eigenvalue weighted by Gasteiger charge is -2.11. The minimum Gasteiger partial charge on any atom is -0.462 e. The van der Waals surface area contributed by atoms with Crippen LogP contribution < -0.4 is 4.72 Å². The number of benzene rings is 1. The van der Waals surface area contributed by atoms with Gasteiger partial charge in [-0.1, -0.05) is 11.6 Å². The smallest absolute Gasteiger partial charge is 0.339 e. The number of aromatic amines is 1. The fraction of sp³-hybridized carbons (Fsp3) is 0.353. The molecule has 0 radical (unpaired) electrons. The Kier molecular flexibility index (Phi) is 4.10. The van der Waals surface area contributed by atoms with Gasteiger partial charge in [0.15, 0.2) is 0 Å². The molecular weight excluding hydrogens is 383 g/mol. The quantitative estimate of drug-likeness (QED) is 0.751. The van der Waals surface area contributed by atoms with E-state index in [9.17, 15) is 17.6 Å². The number of halogens is 2. The number of sulfonamides is 1. The number of nitrogens with one attached hydrogen (secondary N) is 2. The molecule has 1 aliphatic rings. The van der Waals surface area contributed by atoms with Gasteiger partial charge in [-0.2, -0.15) is 0 Å². The topological polar surface area (TPSA) is 88.3 Å². The number of H-pyrrole nitrogens is 1. The van der Waals surface area contributed by atoms with E-state index < -0.39 is 45.4 Å². The van der Waals surface area contributed by atoms with E-state index in [1.165, 1.54) is 12.1 Å². The number of aryl methyl sites for hydroxylation is 1. The van der Waals surface area contributed by atoms with E-state index in [0.717, 1.165) is 11.6 Å². The van der Waals surface area contributed by atoms with Crippen molar-refractivity contribution in [1.82, 2.24) is 9.71 Å². The first-order chi connectivity index (χ1) is 13.4. The fourth-order valence-electron chi connectivity index (χ4n) is 2.92. The van der Waals surface area contributed by atoms with E-state index in [4.69, 9.17) is 20.5 Å². The van der Waals surface area contributed by atoms with E-state index in [1.54, 1.807) is 6.92 Å². The maximum atomic E-state index is 13.6. The number of fused-ring (bicyclic) bond motifs is 1. The highest BCUT2D eigenvalue weighted by molar-refractivity contribution is 7.89. The highest BCUT2D eigenvalue weighted by Gasteiger charge is 2.29. The molecule has 0 saturated carbocycles. The summed E-state index contributed by atoms with van der Waals surface area (Å²) in [5.41, 5.74) is 0.489. The number of aromatic nitrogens is 1. The molecule has 6 nitrogen and oxygen atoms in total. The third kappa shape index (κ3) is 3.62. The average molecular weight is 404 g/mol. The molecule has 26 heavy (non-hydrogen) atoms. The van der Waals surface area contributed by atoms with Crippen LogP contribution in [-0.4, -0.2) is 32.0 Å². The molecule has 3 rings (SSSR count). The second-order valence-electron chi connectivity index (χ2n) is 5.90. The Morgan fingerprint density at radius 1 is 1.42 bits per heavy atom. The number of hydrogen-bond donors (Lipinski definition) is 2. The van der Waals surface area contributed by atoms with Crippen LogP contribution in [0.25, 0.3) is 0 Å². The first kappa shape index (κ1) is 15.2. The molecule has 0 bridgehead atoms. The van der Waals surface area contributed by atoms with Crippen molar-refractivity contribution in [3.63, 3.8) is 0 Å². The Morgan fingerprint density at radius 2 is 2.12 bits per heavy atom. The predicted molar refractivity (Wildman–Crippen MR) is 94.4 cm³/mol. The molecule has 0 aliphatic heterocycles. The van der Waals surface area contributed by atoms with Gasteiger partial charge in [0, 0.05) is 15.8 Å². The standard InChI is InChI=1S/C17H18ClFN2O4S/c1-3-25-17(22)13-8-16(20-9(13)2)26(23,24)21-12-4-10-6-14(18)15(19)7-11(10)5-12/h6-8,12,20-21H,3-5H2,1-2H3/t12-/m0/s1/i2D3. The Morgan fingerprint density at radius 3 is 2.77 bits per heavy atom. The largest absolute Gasteiger partial charge is 0.462 e. The van der Waals surface area contributed by atoms with Gasteiger partial charge in [0.05, 0.1) is 17.2 Å². The minimum atomic E-state index is -4.18. The molecule has 1 atom stereocenters. The summed E-state index contributed by atoms with van der Waals surface area (Å²) in [7, 11) is -4.18. The van der Waals surface area contributed by atoms with Crippen LogP contribution in [0.2, 0.25) is 5.02 Å². The lowest BCUT2D eigenvalue weighted by atomic mass is 10.1. The Bertz CT molecular complexity index is 1040. The summed E-state index contributed by atoms with van der Waals surface area (Å²) in [5.74, 6) is -1.52. The van der Waals surface area contributed by atoms with Gasteiger partial charge in [0.2, 0.25) is 0 Å². The highest BCUT2D eigenvalue weighted by atomic mass is 35.5. The molecule has 0 unspecified atom stereocenters. The summed E-state index contributed by atoms with van der Waals surface area (Å²) in [6, 6.07) is 3.10. The monoisotopic (exact) mass is 403 g/mol. The summed E-state index contributed by atoms with van der Waals surface area (Å²) >= 11 is 5.77. The Hall–Kier alpha value is -1.90. The molecule has 1 aliphatic carbocycles. The zero-order chi connectivity index (χ0) is 21.6. The van der Waals surface area contributed by atoms with Crippen LogP contribution in [0.3, 0.4) is 0 Å². The summed E-state index contributed by atoms with van der Waals surface area (Å²) in [5, 5.41) is -0.509. The summed E-state index contributed by atoms with van der Waals surface area (Å²) < 4.78 is 69.1. The predicted octanol–water partition coefficient (Wildman–Crippen LogP) is 2.74. The van der Waals surface area contributed by atoms with Crippen LogP contribution in [0.15, 0.2) is 23.2 Å². The first-order valence-corrected chi connectivity index (χ1v) is 9.68. The number of carbonyl (C=O) groups is 1. The van der Waals surface area contributed by atoms with Crippen molar-refractivity contribution in [2.45, 2.75) is 37.7 Å². The van der Waals surface area contributed by atoms with E-state index in [2.05, 4.69) is 9.71 Å². The summed E-state index contributed by atoms with van der Waals surface area (Å²) in [4.78, 5) is 14.4. The van der Waals surface area contributed by atoms with Crippen molar-refractivity contribution in [1.29, 1.82) is 0 Å². The lowest BCUT2D eigenvalue weighted by molar-refractivity contribution is 0.0525. The number of carbonyl (C=O) groups excluding carboxylic acids is 1. The number of hydrogen-bond acceptors (Lipinski definition) is 4. The molecule has 1 heterocycles. The molecule has 140 valence electrons. The van der Waals surface area contributed by atoms with Gasteiger partial charge in [-0.25, -0.2) is 22.3 Å². The van der Waals surface area contributed by atoms with Crippen LogP contribution in [0.4, 0.5) is 4.39 Å². The maximum absolute atomic E-state index is 13.6. The van der Waals surface area contributed by atoms with Crippen molar-refractivity contribution in [2.24, 2.45) is 0 Å². The molecule has 2 aromatic rings. The third-order valence-electron chi connectivity index (χ3n) is 4.07. The zero-order valence-corrected chi connectivity index (χ0v) is 15.3. The second kappa shape index (κ2) is 7.02. The van der Waals surface area contributed by atoms with Gasteiger partial charge < -0.3 is 9.72 Å². The molecular formula is C17H18ClFN2O4S. The SMILES string of the molecule is [2H]C([2H])([2H])c1[nH]c(S(=O)(=O)N[C@@H]2Cc3cc(F)c(Cl)cc3C2)cc1C(=O)OCC. The summed E-state index contributed by atoms with van der Waals surface area (Å²) in [6.07, 6.45) is 0.548. The Balaban J connectivity index is 1.87. The summed E-state index contributed by atoms with van der Waals surface area (Å²) in [6.45, 7) is -1.19. The maximum Gasteiger partial charge on any atom is 0.339 e. The number of esters is 1. The van der Waals surface area contributed by atoms with E-state index in [1.807, 2.05) is 0 Å². The van der Waals surface area contributed by atoms with Crippen molar-refractivity contribution < 1.29 is 26.5 Å². The van der Waals surface area contributed by atoms with Gasteiger partial charge in [-0.05, 0) is 55.9 Å². The molecule has 9 heteroatoms. The third-order valence-corrected chi connectivity index (χ3v) is 5.81. The van der Waals surface area contributed by atoms with E-state index in [-0.39, 0.29) is 23.6 Å². The van der Waals surface area contributed by atoms with Crippen LogP contribution in [0.1, 0.15) is 38.2 Å². The minimum absolute atomic E-state index is 0.00420. The van der Waals surface area contributed by atoms with Gasteiger partial charge in [0.25, 0.3) is 10.0 Å². The highest BCUT2D eigenvalue weighted by Crippen LogP contribution is 2.28. The van der Waals surface area contributed by atoms with Crippen molar-refractivity contribution in [3.05, 3.63) is 51.4 Å². The molecule has 0 spiro atoms. The van der Waals surface area contributed by atoms with Gasteiger partial charge in [-0.15, -0.1) is 0 Å². The molecule has 2 N–H and O–H groups in total. The number of ether oxygens (including phenoxy) is 1. The van der Waals surface area contributed by atoms with Gasteiger partial charge >= 0.3 is 5.97 Å². The molecule has 1 aromatic heterocycles. The van der Waals surface area contributed by atoms with Crippen molar-refractivity contribution in [3.8, 4) is 0 Å². The van der Waals surface area contributed by atoms with E-state index >= 15 is 0 Å². The second-order valence-corrected chi connectivity index (χ2v) is 7.99. The van der Waals surface area contributed by atoms with Crippen molar-refractivity contribution >= 4 is 27.6 Å². The van der Waals surface area contributed by atoms with Gasteiger partial charge in [0.1, 0.15) is 10.8 Å². The van der Waals surface area contributed by atoms with Crippen molar-refractivity contribution in [2.75, 3.05) is 6.61 Å². The van der Waals surface area contributed by atoms with Gasteiger partial charge in [-0.3, -0.25) is 0 Å². The Labute approximate surface area is 160 Å². The van der Waals surface area contributed by atoms with Crippen LogP contribution >= 0.6 is 11.6 Å². The first-order valence-electron chi connectivity index (χ1n) is 9.32. The molecule has 0 fully saturated rings. The van der Waals surface area contributed by atoms with E-state index in [0.29, 0.717) is 12.0 Å². The average Bonchev–Trinajstić information content (AvgIpc) is 3.19. The zero-order valence-electron chi connectivity index (χ0n) is 16.7. The molecule has 0 saturated heterocycles. The molecule has 1 aromatic carbocycles. The fourth-order valence-corrected chi connectivity index (χ4v) is 4.35. The van der Waals surface area contributed by atoms with Crippen LogP contribution in [0, 0.1) is 12.7 Å². The number of rotatable bonds is 5. The normalized spacial score (nSPS) is 18.7. The van der Waals surface area contributed by atoms with Crippen LogP contribution in [0.5, 0.6) is 0 Å². The lowest BCUT2D eigenvalue weighted by Crippen LogP contribution is -2.35. The molecule has 0 amide bonds. The van der Waals surface area contributed by atoms with Crippen LogP contribution in [-0.2, 0) is 27.6 Å².